The molecule has 0 aromatic carbocycles. The molecule has 1 N–H and O–H groups in total. The minimum atomic E-state index is -0.398. The summed E-state index contributed by atoms with van der Waals surface area (Å²) < 4.78 is 0.729. The van der Waals surface area contributed by atoms with Crippen LogP contribution in [0.1, 0.15) is 12.0 Å². The highest BCUT2D eigenvalue weighted by Gasteiger charge is 2.26. The second-order valence-corrected chi connectivity index (χ2v) is 5.61. The smallest absolute Gasteiger partial charge is 0.291 e. The summed E-state index contributed by atoms with van der Waals surface area (Å²) in [6, 6.07) is 0. The highest BCUT2D eigenvalue weighted by atomic mass is 79.9. The lowest BCUT2D eigenvalue weighted by Crippen LogP contribution is -2.25. The summed E-state index contributed by atoms with van der Waals surface area (Å²) in [6.07, 6.45) is 2.46. The van der Waals surface area contributed by atoms with Crippen LogP contribution in [-0.4, -0.2) is 36.6 Å². The van der Waals surface area contributed by atoms with Crippen LogP contribution in [0, 0.1) is 23.0 Å². The predicted octanol–water partition coefficient (Wildman–Crippen LogP) is 2.11. The van der Waals surface area contributed by atoms with Crippen molar-refractivity contribution in [2.75, 3.05) is 31.6 Å². The Labute approximate surface area is 120 Å². The van der Waals surface area contributed by atoms with E-state index in [1.807, 2.05) is 7.05 Å². The van der Waals surface area contributed by atoms with Gasteiger partial charge < -0.3 is 10.2 Å². The Bertz CT molecular complexity index is 495. The molecule has 0 saturated carbocycles. The summed E-state index contributed by atoms with van der Waals surface area (Å²) in [4.78, 5) is 16.9. The Kier molecular flexibility index (Phi) is 4.36. The third-order valence-corrected chi connectivity index (χ3v) is 4.44. The molecule has 104 valence electrons. The SMILES string of the molecule is CNCC1CCN(c2ncc([N+](=O)[O-])c(C)c2Br)C1. The van der Waals surface area contributed by atoms with Crippen LogP contribution in [0.15, 0.2) is 10.7 Å². The first-order valence-corrected chi connectivity index (χ1v) is 7.03. The van der Waals surface area contributed by atoms with Crippen molar-refractivity contribution in [1.29, 1.82) is 0 Å². The first kappa shape index (κ1) is 14.2. The molecule has 19 heavy (non-hydrogen) atoms. The van der Waals surface area contributed by atoms with Crippen LogP contribution < -0.4 is 10.2 Å². The van der Waals surface area contributed by atoms with E-state index >= 15 is 0 Å². The maximum atomic E-state index is 10.9. The summed E-state index contributed by atoms with van der Waals surface area (Å²) in [5.41, 5.74) is 0.689. The number of nitrogens with one attached hydrogen (secondary N) is 1. The molecule has 0 amide bonds. The normalized spacial score (nSPS) is 18.9. The maximum Gasteiger partial charge on any atom is 0.291 e. The maximum absolute atomic E-state index is 10.9. The number of hydrogen-bond acceptors (Lipinski definition) is 5. The molecule has 1 aliphatic heterocycles. The second-order valence-electron chi connectivity index (χ2n) is 4.82. The van der Waals surface area contributed by atoms with Gasteiger partial charge in [-0.15, -0.1) is 0 Å². The lowest BCUT2D eigenvalue weighted by molar-refractivity contribution is -0.385. The van der Waals surface area contributed by atoms with Crippen molar-refractivity contribution in [3.05, 3.63) is 26.3 Å². The Hall–Kier alpha value is -1.21. The molecule has 1 aromatic rings. The number of nitrogens with zero attached hydrogens (tertiary/aromatic N) is 3. The van der Waals surface area contributed by atoms with E-state index in [1.54, 1.807) is 6.92 Å². The average molecular weight is 329 g/mol. The van der Waals surface area contributed by atoms with Crippen LogP contribution in [0.2, 0.25) is 0 Å². The largest absolute Gasteiger partial charge is 0.355 e. The van der Waals surface area contributed by atoms with Crippen molar-refractivity contribution in [3.8, 4) is 0 Å². The van der Waals surface area contributed by atoms with E-state index in [1.165, 1.54) is 6.20 Å². The molecule has 1 aromatic heterocycles. The highest BCUT2D eigenvalue weighted by Crippen LogP contribution is 2.34. The van der Waals surface area contributed by atoms with Gasteiger partial charge in [-0.25, -0.2) is 4.98 Å². The number of aromatic nitrogens is 1. The van der Waals surface area contributed by atoms with Gasteiger partial charge in [-0.2, -0.15) is 0 Å². The lowest BCUT2D eigenvalue weighted by atomic mass is 10.1. The van der Waals surface area contributed by atoms with Gasteiger partial charge in [-0.1, -0.05) is 0 Å². The standard InChI is InChI=1S/C12H17BrN4O2/c1-8-10(17(18)19)6-15-12(11(8)13)16-4-3-9(7-16)5-14-2/h6,9,14H,3-5,7H2,1-2H3. The van der Waals surface area contributed by atoms with Gasteiger partial charge in [0, 0.05) is 18.7 Å². The summed E-state index contributed by atoms with van der Waals surface area (Å²) in [7, 11) is 1.95. The molecule has 0 radical (unpaired) electrons. The molecule has 1 aliphatic rings. The third kappa shape index (κ3) is 2.87. The molecule has 7 heteroatoms. The molecule has 0 spiro atoms. The number of rotatable bonds is 4. The fourth-order valence-electron chi connectivity index (χ4n) is 2.44. The van der Waals surface area contributed by atoms with E-state index in [4.69, 9.17) is 0 Å². The van der Waals surface area contributed by atoms with E-state index in [0.29, 0.717) is 11.5 Å². The predicted molar refractivity (Wildman–Crippen MR) is 77.6 cm³/mol. The summed E-state index contributed by atoms with van der Waals surface area (Å²) in [6.45, 7) is 4.60. The van der Waals surface area contributed by atoms with Gasteiger partial charge in [0.25, 0.3) is 5.69 Å². The number of nitro groups is 1. The van der Waals surface area contributed by atoms with E-state index < -0.39 is 4.92 Å². The van der Waals surface area contributed by atoms with Gasteiger partial charge in [0.05, 0.1) is 9.40 Å². The average Bonchev–Trinajstić information content (AvgIpc) is 2.81. The minimum absolute atomic E-state index is 0.0570. The molecule has 2 rings (SSSR count). The molecule has 1 saturated heterocycles. The Morgan fingerprint density at radius 2 is 2.42 bits per heavy atom. The van der Waals surface area contributed by atoms with E-state index in [-0.39, 0.29) is 5.69 Å². The van der Waals surface area contributed by atoms with Gasteiger partial charge in [0.15, 0.2) is 0 Å². The molecular formula is C12H17BrN4O2. The summed E-state index contributed by atoms with van der Waals surface area (Å²) in [5.74, 6) is 1.41. The zero-order chi connectivity index (χ0) is 14.0. The van der Waals surface area contributed by atoms with Crippen molar-refractivity contribution in [1.82, 2.24) is 10.3 Å². The fraction of sp³-hybridized carbons (Fsp3) is 0.583. The molecule has 1 fully saturated rings. The van der Waals surface area contributed by atoms with Crippen LogP contribution in [0.5, 0.6) is 0 Å². The van der Waals surface area contributed by atoms with Crippen LogP contribution in [0.4, 0.5) is 11.5 Å². The second kappa shape index (κ2) is 5.83. The van der Waals surface area contributed by atoms with Crippen molar-refractivity contribution in [3.63, 3.8) is 0 Å². The number of halogens is 1. The van der Waals surface area contributed by atoms with E-state index in [2.05, 4.69) is 31.1 Å². The monoisotopic (exact) mass is 328 g/mol. The summed E-state index contributed by atoms with van der Waals surface area (Å²) in [5, 5.41) is 14.1. The van der Waals surface area contributed by atoms with Crippen molar-refractivity contribution in [2.24, 2.45) is 5.92 Å². The molecule has 2 heterocycles. The number of anilines is 1. The number of hydrogen-bond donors (Lipinski definition) is 1. The van der Waals surface area contributed by atoms with Crippen molar-refractivity contribution >= 4 is 27.4 Å². The van der Waals surface area contributed by atoms with Crippen LogP contribution in [0.25, 0.3) is 0 Å². The molecule has 1 unspecified atom stereocenters. The first-order valence-electron chi connectivity index (χ1n) is 6.23. The number of pyridine rings is 1. The van der Waals surface area contributed by atoms with Gasteiger partial charge in [-0.05, 0) is 48.8 Å². The Morgan fingerprint density at radius 3 is 3.05 bits per heavy atom. The van der Waals surface area contributed by atoms with Gasteiger partial charge in [0.1, 0.15) is 12.0 Å². The van der Waals surface area contributed by atoms with Crippen molar-refractivity contribution in [2.45, 2.75) is 13.3 Å². The van der Waals surface area contributed by atoms with Gasteiger partial charge >= 0.3 is 0 Å². The quantitative estimate of drug-likeness (QED) is 0.677. The topological polar surface area (TPSA) is 71.3 Å². The molecule has 0 bridgehead atoms. The molecule has 0 aliphatic carbocycles. The lowest BCUT2D eigenvalue weighted by Gasteiger charge is -2.19. The van der Waals surface area contributed by atoms with E-state index in [0.717, 1.165) is 36.3 Å². The van der Waals surface area contributed by atoms with Crippen LogP contribution in [0.3, 0.4) is 0 Å². The Morgan fingerprint density at radius 1 is 1.68 bits per heavy atom. The van der Waals surface area contributed by atoms with E-state index in [9.17, 15) is 10.1 Å². The molecule has 1 atom stereocenters. The third-order valence-electron chi connectivity index (χ3n) is 3.49. The zero-order valence-corrected chi connectivity index (χ0v) is 12.6. The van der Waals surface area contributed by atoms with Crippen LogP contribution >= 0.6 is 15.9 Å². The fourth-order valence-corrected chi connectivity index (χ4v) is 3.00. The summed E-state index contributed by atoms with van der Waals surface area (Å²) >= 11 is 3.44. The highest BCUT2D eigenvalue weighted by molar-refractivity contribution is 9.10. The van der Waals surface area contributed by atoms with Gasteiger partial charge in [0.2, 0.25) is 0 Å². The van der Waals surface area contributed by atoms with Crippen molar-refractivity contribution < 1.29 is 4.92 Å². The molecule has 6 nitrogen and oxygen atoms in total. The van der Waals surface area contributed by atoms with Crippen LogP contribution in [-0.2, 0) is 0 Å². The Balaban J connectivity index is 2.23. The zero-order valence-electron chi connectivity index (χ0n) is 11.0. The minimum Gasteiger partial charge on any atom is -0.355 e. The molecular weight excluding hydrogens is 312 g/mol. The van der Waals surface area contributed by atoms with Gasteiger partial charge in [-0.3, -0.25) is 10.1 Å². The first-order chi connectivity index (χ1) is 9.04.